The molecule has 77 heavy (non-hydrogen) atoms. The first-order chi connectivity index (χ1) is 38.1. The summed E-state index contributed by atoms with van der Waals surface area (Å²) in [7, 11) is 0. The van der Waals surface area contributed by atoms with Gasteiger partial charge in [0.25, 0.3) is 0 Å². The number of H-pyrrole nitrogens is 1. The summed E-state index contributed by atoms with van der Waals surface area (Å²) in [6.45, 7) is 0. The van der Waals surface area contributed by atoms with Gasteiger partial charge in [-0.15, -0.1) is 0 Å². The molecule has 0 unspecified atom stereocenters. The second-order valence-corrected chi connectivity index (χ2v) is 22.8. The van der Waals surface area contributed by atoms with Crippen LogP contribution in [0.4, 0.5) is 0 Å². The van der Waals surface area contributed by atoms with Gasteiger partial charge in [0.2, 0.25) is 5.28 Å². The van der Waals surface area contributed by atoms with E-state index in [4.69, 9.17) is 21.6 Å². The summed E-state index contributed by atoms with van der Waals surface area (Å²) >= 11 is 6.95. The molecule has 0 saturated heterocycles. The molecule has 0 bridgehead atoms. The molecule has 8 aromatic heterocycles. The molecule has 0 fully saturated rings. The number of nitrogens with zero attached hydrogens (tertiary/aromatic N) is 7. The molecule has 0 spiro atoms. The van der Waals surface area contributed by atoms with Crippen molar-refractivity contribution in [1.29, 1.82) is 0 Å². The van der Waals surface area contributed by atoms with E-state index in [1.807, 2.05) is 97.2 Å². The summed E-state index contributed by atoms with van der Waals surface area (Å²) in [6.07, 6.45) is 3.62. The van der Waals surface area contributed by atoms with Crippen LogP contribution >= 0.6 is 11.6 Å². The third-order valence-electron chi connectivity index (χ3n) is 14.0. The Morgan fingerprint density at radius 3 is 1.55 bits per heavy atom. The molecule has 1 N–H and O–H groups in total. The topological polar surface area (TPSA) is 98.1 Å². The molecule has 8 aromatic carbocycles. The van der Waals surface area contributed by atoms with Gasteiger partial charge in [-0.2, -0.15) is 0 Å². The molecule has 11 heteroatoms. The summed E-state index contributed by atoms with van der Waals surface area (Å²) in [5.41, 5.74) is 14.5. The van der Waals surface area contributed by atoms with Crippen molar-refractivity contribution in [2.45, 2.75) is 0 Å². The molecular formula is C66H41ClN8Se2. The number of pyridine rings is 2. The summed E-state index contributed by atoms with van der Waals surface area (Å²) in [6, 6.07) is 75.4. The van der Waals surface area contributed by atoms with Gasteiger partial charge in [-0.1, -0.05) is 54.6 Å². The average Bonchev–Trinajstić information content (AvgIpc) is 4.44. The molecule has 0 saturated carbocycles. The Hall–Kier alpha value is -8.85. The van der Waals surface area contributed by atoms with Gasteiger partial charge >= 0.3 is 294 Å². The fourth-order valence-corrected chi connectivity index (χ4v) is 13.9. The van der Waals surface area contributed by atoms with E-state index in [1.165, 1.54) is 57.4 Å². The molecule has 0 aliphatic heterocycles. The van der Waals surface area contributed by atoms with Crippen LogP contribution in [0.1, 0.15) is 0 Å². The van der Waals surface area contributed by atoms with Crippen molar-refractivity contribution < 1.29 is 0 Å². The van der Waals surface area contributed by atoms with Crippen molar-refractivity contribution in [1.82, 2.24) is 39.5 Å². The fraction of sp³-hybridized carbons (Fsp3) is 0. The molecule has 0 atom stereocenters. The van der Waals surface area contributed by atoms with E-state index in [1.54, 1.807) is 6.20 Å². The molecule has 16 aromatic rings. The van der Waals surface area contributed by atoms with E-state index in [9.17, 15) is 0 Å². The molecule has 0 radical (unpaired) electrons. The van der Waals surface area contributed by atoms with Crippen molar-refractivity contribution in [3.05, 3.63) is 246 Å². The number of benzene rings is 8. The SMILES string of the molecule is Clc1nc(-c2ccc(-c3ccccn3)cc2)c2ccccc2n1.c1ccc(-c2ccc(-c3nc(-n4c5ccccc5c5ccc6[se]ccc6c54)nc4ccccc34)cc2)nc1.c1ccc2c(c1)[nH]c1c3cc[se]c3ccc21. The number of aromatic amines is 1. The Kier molecular flexibility index (Phi) is 12.1. The fourth-order valence-electron chi connectivity index (χ4n) is 10.4. The zero-order valence-corrected chi connectivity index (χ0v) is 45.1. The zero-order valence-electron chi connectivity index (χ0n) is 40.9. The third-order valence-corrected chi connectivity index (χ3v) is 17.9. The van der Waals surface area contributed by atoms with Gasteiger partial charge in [-0.25, -0.2) is 9.97 Å². The maximum atomic E-state index is 6.07. The maximum absolute atomic E-state index is 6.07. The van der Waals surface area contributed by atoms with Gasteiger partial charge in [0.15, 0.2) is 0 Å². The van der Waals surface area contributed by atoms with Crippen LogP contribution in [0.25, 0.3) is 136 Å². The average molecular weight is 1140 g/mol. The monoisotopic (exact) mass is 1140 g/mol. The van der Waals surface area contributed by atoms with Crippen LogP contribution in [0.3, 0.4) is 0 Å². The van der Waals surface area contributed by atoms with E-state index >= 15 is 0 Å². The first-order valence-corrected chi connectivity index (χ1v) is 29.2. The van der Waals surface area contributed by atoms with E-state index in [0.717, 1.165) is 72.4 Å². The van der Waals surface area contributed by atoms with Gasteiger partial charge in [-0.05, 0) is 41.9 Å². The normalized spacial score (nSPS) is 11.4. The van der Waals surface area contributed by atoms with Crippen LogP contribution in [-0.2, 0) is 0 Å². The van der Waals surface area contributed by atoms with Crippen molar-refractivity contribution in [3.63, 3.8) is 0 Å². The number of halogens is 1. The summed E-state index contributed by atoms with van der Waals surface area (Å²) < 4.78 is 5.15. The number of aromatic nitrogens is 8. The van der Waals surface area contributed by atoms with Crippen LogP contribution in [0.5, 0.6) is 0 Å². The predicted octanol–water partition coefficient (Wildman–Crippen LogP) is 16.2. The molecule has 0 amide bonds. The molecule has 364 valence electrons. The van der Waals surface area contributed by atoms with Gasteiger partial charge in [0, 0.05) is 28.9 Å². The van der Waals surface area contributed by atoms with Crippen LogP contribution in [-0.4, -0.2) is 68.5 Å². The summed E-state index contributed by atoms with van der Waals surface area (Å²) in [5, 5.41) is 10.1. The van der Waals surface area contributed by atoms with Gasteiger partial charge in [0.05, 0.1) is 16.9 Å². The molecule has 0 aliphatic carbocycles. The number of rotatable bonds is 5. The van der Waals surface area contributed by atoms with Crippen molar-refractivity contribution >= 4 is 125 Å². The Morgan fingerprint density at radius 1 is 0.377 bits per heavy atom. The number of hydrogen-bond donors (Lipinski definition) is 1. The molecular weight excluding hydrogens is 1100 g/mol. The zero-order chi connectivity index (χ0) is 51.2. The van der Waals surface area contributed by atoms with Gasteiger partial charge in [0.1, 0.15) is 0 Å². The number of para-hydroxylation sites is 4. The second kappa shape index (κ2) is 20.0. The number of nitrogens with one attached hydrogen (secondary N) is 1. The van der Waals surface area contributed by atoms with Crippen molar-refractivity contribution in [3.8, 4) is 51.0 Å². The Morgan fingerprint density at radius 2 is 0.896 bits per heavy atom. The van der Waals surface area contributed by atoms with Crippen LogP contribution in [0.2, 0.25) is 5.28 Å². The Bertz CT molecular complexity index is 4820. The second-order valence-electron chi connectivity index (χ2n) is 18.5. The van der Waals surface area contributed by atoms with Crippen LogP contribution < -0.4 is 0 Å². The molecule has 8 nitrogen and oxygen atoms in total. The number of fused-ring (bicyclic) bond motifs is 12. The number of hydrogen-bond acceptors (Lipinski definition) is 6. The van der Waals surface area contributed by atoms with Crippen LogP contribution in [0, 0.1) is 0 Å². The van der Waals surface area contributed by atoms with E-state index in [0.29, 0.717) is 35.0 Å². The van der Waals surface area contributed by atoms with Crippen molar-refractivity contribution in [2.24, 2.45) is 0 Å². The minimum absolute atomic E-state index is 0.257. The van der Waals surface area contributed by atoms with Gasteiger partial charge in [-0.3, -0.25) is 9.97 Å². The Labute approximate surface area is 458 Å². The van der Waals surface area contributed by atoms with E-state index in [-0.39, 0.29) is 5.28 Å². The minimum atomic E-state index is 0.257. The summed E-state index contributed by atoms with van der Waals surface area (Å²) in [4.78, 5) is 36.1. The third kappa shape index (κ3) is 8.69. The first-order valence-electron chi connectivity index (χ1n) is 25.1. The summed E-state index contributed by atoms with van der Waals surface area (Å²) in [5.74, 6) is 0.694. The van der Waals surface area contributed by atoms with Gasteiger partial charge < -0.3 is 0 Å². The van der Waals surface area contributed by atoms with Crippen LogP contribution in [0.15, 0.2) is 241 Å². The molecule has 16 rings (SSSR count). The molecule has 0 aliphatic rings. The quantitative estimate of drug-likeness (QED) is 0.136. The van der Waals surface area contributed by atoms with Crippen molar-refractivity contribution in [2.75, 3.05) is 0 Å². The van der Waals surface area contributed by atoms with E-state index in [2.05, 4.69) is 167 Å². The molecule has 8 heterocycles. The first kappa shape index (κ1) is 46.7. The van der Waals surface area contributed by atoms with E-state index < -0.39 is 0 Å². The standard InChI is InChI=1S/C33H20N4Se.C19H12ClN3.C14H9NSe/c1-3-10-28-25(8-1)31(22-14-12-21(13-15-22)27-9-5-6-19-34-27)36-33(35-28)37-29-11-4-2-7-23(29)24-16-17-30-26(32(24)37)18-20-38-30;20-19-22-17-7-2-1-5-15(17)18(23-19)14-10-8-13(9-11-14)16-6-3-4-12-21-16;1-2-4-12-9(3-1)10-5-6-13-11(7-8-16-13)14(10)15-12/h1-20H;1-12H;1-8,15H. The Balaban J connectivity index is 0.000000117. The predicted molar refractivity (Wildman–Crippen MR) is 320 cm³/mol.